The molecule has 0 bridgehead atoms. The first kappa shape index (κ1) is 12.1. The van der Waals surface area contributed by atoms with E-state index in [-0.39, 0.29) is 0 Å². The third-order valence-electron chi connectivity index (χ3n) is 2.99. The molecule has 2 rings (SSSR count). The molecule has 1 aromatic carbocycles. The topological polar surface area (TPSA) is 35.5 Å². The molecule has 0 N–H and O–H groups in total. The minimum atomic E-state index is -0.424. The number of carbonyl (C=O) groups excluding carboxylic acids is 1. The molecule has 0 unspecified atom stereocenters. The van der Waals surface area contributed by atoms with Crippen molar-refractivity contribution < 1.29 is 14.6 Å². The van der Waals surface area contributed by atoms with E-state index < -0.39 is 5.97 Å². The van der Waals surface area contributed by atoms with Gasteiger partial charge in [-0.1, -0.05) is 31.9 Å². The molecule has 3 heteroatoms. The van der Waals surface area contributed by atoms with E-state index in [0.29, 0.717) is 5.56 Å². The van der Waals surface area contributed by atoms with Gasteiger partial charge in [-0.25, -0.2) is 4.79 Å². The van der Waals surface area contributed by atoms with Gasteiger partial charge in [0.05, 0.1) is 5.56 Å². The molecule has 1 fully saturated rings. The highest BCUT2D eigenvalue weighted by Gasteiger charge is 2.20. The van der Waals surface area contributed by atoms with Crippen LogP contribution in [0.4, 0.5) is 0 Å². The normalized spacial score (nSPS) is 16.1. The molecule has 0 heterocycles. The van der Waals surface area contributed by atoms with Gasteiger partial charge in [0, 0.05) is 0 Å². The van der Waals surface area contributed by atoms with Crippen molar-refractivity contribution in [1.29, 1.82) is 0 Å². The Bertz CT molecular complexity index is 364. The van der Waals surface area contributed by atoms with E-state index in [1.165, 1.54) is 5.56 Å². The largest absolute Gasteiger partial charge is 0.373 e. The zero-order chi connectivity index (χ0) is 12.1. The SMILES string of the molecule is CCc1ccc(C(=O)OO[C]2CCCC2)cc1. The Hall–Kier alpha value is -1.35. The Morgan fingerprint density at radius 2 is 1.82 bits per heavy atom. The molecule has 0 saturated heterocycles. The summed E-state index contributed by atoms with van der Waals surface area (Å²) < 4.78 is 0. The van der Waals surface area contributed by atoms with Crippen LogP contribution in [0, 0.1) is 6.10 Å². The van der Waals surface area contributed by atoms with E-state index >= 15 is 0 Å². The van der Waals surface area contributed by atoms with Gasteiger partial charge in [0.25, 0.3) is 0 Å². The fourth-order valence-corrected chi connectivity index (χ4v) is 1.87. The minimum Gasteiger partial charge on any atom is -0.292 e. The van der Waals surface area contributed by atoms with Crippen molar-refractivity contribution in [2.24, 2.45) is 0 Å². The second-order valence-electron chi connectivity index (χ2n) is 4.25. The van der Waals surface area contributed by atoms with E-state index in [0.717, 1.165) is 38.2 Å². The van der Waals surface area contributed by atoms with E-state index in [9.17, 15) is 4.79 Å². The quantitative estimate of drug-likeness (QED) is 0.590. The van der Waals surface area contributed by atoms with Gasteiger partial charge in [0.2, 0.25) is 0 Å². The van der Waals surface area contributed by atoms with Gasteiger partial charge < -0.3 is 0 Å². The van der Waals surface area contributed by atoms with Crippen LogP contribution in [-0.2, 0) is 16.2 Å². The van der Waals surface area contributed by atoms with E-state index in [2.05, 4.69) is 6.92 Å². The van der Waals surface area contributed by atoms with Gasteiger partial charge >= 0.3 is 5.97 Å². The highest BCUT2D eigenvalue weighted by molar-refractivity contribution is 5.88. The highest BCUT2D eigenvalue weighted by Crippen LogP contribution is 2.28. The first-order chi connectivity index (χ1) is 8.29. The Balaban J connectivity index is 1.85. The minimum absolute atomic E-state index is 0.424. The number of hydrogen-bond acceptors (Lipinski definition) is 3. The summed E-state index contributed by atoms with van der Waals surface area (Å²) in [6.45, 7) is 2.08. The molecule has 0 aromatic heterocycles. The molecule has 1 aromatic rings. The maximum absolute atomic E-state index is 11.6. The standard InChI is InChI=1S/C14H17O3/c1-2-11-7-9-12(10-8-11)14(15)17-16-13-5-3-4-6-13/h7-10H,2-6H2,1H3. The van der Waals surface area contributed by atoms with Crippen molar-refractivity contribution in [2.75, 3.05) is 0 Å². The van der Waals surface area contributed by atoms with E-state index in [4.69, 9.17) is 9.78 Å². The molecule has 1 aliphatic rings. The monoisotopic (exact) mass is 233 g/mol. The maximum atomic E-state index is 11.6. The molecule has 17 heavy (non-hydrogen) atoms. The van der Waals surface area contributed by atoms with Crippen molar-refractivity contribution in [3.8, 4) is 0 Å². The van der Waals surface area contributed by atoms with Gasteiger partial charge in [-0.05, 0) is 37.0 Å². The number of benzene rings is 1. The second-order valence-corrected chi connectivity index (χ2v) is 4.25. The van der Waals surface area contributed by atoms with Gasteiger partial charge in [-0.2, -0.15) is 4.89 Å². The lowest BCUT2D eigenvalue weighted by molar-refractivity contribution is -0.234. The van der Waals surface area contributed by atoms with E-state index in [1.807, 2.05) is 12.1 Å². The van der Waals surface area contributed by atoms with Crippen LogP contribution in [0.1, 0.15) is 48.5 Å². The Morgan fingerprint density at radius 1 is 1.18 bits per heavy atom. The molecule has 0 amide bonds. The molecule has 0 atom stereocenters. The zero-order valence-corrected chi connectivity index (χ0v) is 10.1. The van der Waals surface area contributed by atoms with Gasteiger partial charge in [-0.3, -0.25) is 4.89 Å². The van der Waals surface area contributed by atoms with Crippen LogP contribution >= 0.6 is 0 Å². The lowest BCUT2D eigenvalue weighted by atomic mass is 10.1. The Kier molecular flexibility index (Phi) is 4.15. The van der Waals surface area contributed by atoms with Gasteiger partial charge in [-0.15, -0.1) is 0 Å². The van der Waals surface area contributed by atoms with Crippen LogP contribution in [0.3, 0.4) is 0 Å². The van der Waals surface area contributed by atoms with Crippen molar-refractivity contribution in [1.82, 2.24) is 0 Å². The first-order valence-corrected chi connectivity index (χ1v) is 6.12. The molecule has 1 radical (unpaired) electrons. The smallest absolute Gasteiger partial charge is 0.292 e. The first-order valence-electron chi connectivity index (χ1n) is 6.12. The predicted octanol–water partition coefficient (Wildman–Crippen LogP) is 3.44. The second kappa shape index (κ2) is 5.82. The van der Waals surface area contributed by atoms with Crippen LogP contribution < -0.4 is 0 Å². The van der Waals surface area contributed by atoms with Crippen LogP contribution in [0.15, 0.2) is 24.3 Å². The Morgan fingerprint density at radius 3 is 2.41 bits per heavy atom. The molecule has 1 saturated carbocycles. The summed E-state index contributed by atoms with van der Waals surface area (Å²) in [5.74, 6) is -0.424. The third-order valence-corrected chi connectivity index (χ3v) is 2.99. The van der Waals surface area contributed by atoms with Crippen molar-refractivity contribution >= 4 is 5.97 Å². The Labute approximate surface area is 102 Å². The number of aryl methyl sites for hydroxylation is 1. The lowest BCUT2D eigenvalue weighted by Gasteiger charge is -2.08. The molecule has 0 aliphatic heterocycles. The zero-order valence-electron chi connectivity index (χ0n) is 10.1. The van der Waals surface area contributed by atoms with Crippen LogP contribution in [-0.4, -0.2) is 5.97 Å². The summed E-state index contributed by atoms with van der Waals surface area (Å²) in [4.78, 5) is 21.5. The van der Waals surface area contributed by atoms with Crippen molar-refractivity contribution in [2.45, 2.75) is 39.0 Å². The summed E-state index contributed by atoms with van der Waals surface area (Å²) in [6, 6.07) is 7.40. The van der Waals surface area contributed by atoms with Crippen LogP contribution in [0.5, 0.6) is 0 Å². The fourth-order valence-electron chi connectivity index (χ4n) is 1.87. The number of rotatable bonds is 4. The summed E-state index contributed by atoms with van der Waals surface area (Å²) in [5, 5.41) is 0. The lowest BCUT2D eigenvalue weighted by Crippen LogP contribution is -2.08. The molecule has 3 nitrogen and oxygen atoms in total. The van der Waals surface area contributed by atoms with Gasteiger partial charge in [0.15, 0.2) is 0 Å². The molecule has 0 spiro atoms. The third kappa shape index (κ3) is 3.30. The summed E-state index contributed by atoms with van der Waals surface area (Å²) in [5.41, 5.74) is 1.73. The van der Waals surface area contributed by atoms with E-state index in [1.54, 1.807) is 12.1 Å². The summed E-state index contributed by atoms with van der Waals surface area (Å²) in [7, 11) is 0. The molecule has 1 aliphatic carbocycles. The fraction of sp³-hybridized carbons (Fsp3) is 0.429. The maximum Gasteiger partial charge on any atom is 0.373 e. The number of hydrogen-bond donors (Lipinski definition) is 0. The van der Waals surface area contributed by atoms with Crippen LogP contribution in [0.2, 0.25) is 0 Å². The average Bonchev–Trinajstić information content (AvgIpc) is 2.89. The summed E-state index contributed by atoms with van der Waals surface area (Å²) >= 11 is 0. The van der Waals surface area contributed by atoms with Crippen molar-refractivity contribution in [3.63, 3.8) is 0 Å². The van der Waals surface area contributed by atoms with Crippen LogP contribution in [0.25, 0.3) is 0 Å². The molecular formula is C14H17O3. The molecule has 91 valence electrons. The highest BCUT2D eigenvalue weighted by atomic mass is 17.2. The number of carbonyl (C=O) groups is 1. The predicted molar refractivity (Wildman–Crippen MR) is 64.0 cm³/mol. The molecular weight excluding hydrogens is 216 g/mol. The van der Waals surface area contributed by atoms with Crippen molar-refractivity contribution in [3.05, 3.63) is 41.5 Å². The van der Waals surface area contributed by atoms with Gasteiger partial charge in [0.1, 0.15) is 6.10 Å². The average molecular weight is 233 g/mol. The summed E-state index contributed by atoms with van der Waals surface area (Å²) in [6.07, 6.45) is 5.90.